The van der Waals surface area contributed by atoms with Gasteiger partial charge in [-0.3, -0.25) is 9.69 Å². The average molecular weight is 373 g/mol. The maximum Gasteiger partial charge on any atom is 0.221 e. The number of hydrogen-bond acceptors (Lipinski definition) is 4. The van der Waals surface area contributed by atoms with Crippen LogP contribution in [0.2, 0.25) is 5.02 Å². The fraction of sp³-hybridized carbons (Fsp3) is 0.588. The number of nitrogens with one attached hydrogen (secondary N) is 1. The zero-order chi connectivity index (χ0) is 17.6. The van der Waals surface area contributed by atoms with Crippen molar-refractivity contribution in [3.8, 4) is 0 Å². The highest BCUT2D eigenvalue weighted by Gasteiger charge is 2.19. The molecule has 134 valence electrons. The van der Waals surface area contributed by atoms with Gasteiger partial charge >= 0.3 is 0 Å². The summed E-state index contributed by atoms with van der Waals surface area (Å²) in [5.41, 5.74) is 0. The Kier molecular flexibility index (Phi) is 7.07. The summed E-state index contributed by atoms with van der Waals surface area (Å²) in [6, 6.07) is 6.40. The summed E-state index contributed by atoms with van der Waals surface area (Å²) >= 11 is 5.82. The molecule has 1 saturated heterocycles. The molecule has 0 bridgehead atoms. The molecule has 0 aromatic heterocycles. The van der Waals surface area contributed by atoms with E-state index in [1.165, 1.54) is 31.4 Å². The van der Waals surface area contributed by atoms with Crippen LogP contribution in [0.25, 0.3) is 0 Å². The van der Waals surface area contributed by atoms with E-state index in [9.17, 15) is 13.2 Å². The van der Waals surface area contributed by atoms with Gasteiger partial charge in [-0.25, -0.2) is 8.42 Å². The number of carbonyl (C=O) groups is 1. The van der Waals surface area contributed by atoms with Gasteiger partial charge in [-0.1, -0.05) is 24.1 Å². The molecule has 0 spiro atoms. The third kappa shape index (κ3) is 5.76. The van der Waals surface area contributed by atoms with E-state index >= 15 is 0 Å². The number of amides is 1. The van der Waals surface area contributed by atoms with Gasteiger partial charge in [0.2, 0.25) is 5.91 Å². The molecule has 0 saturated carbocycles. The van der Waals surface area contributed by atoms with Gasteiger partial charge in [-0.15, -0.1) is 0 Å². The van der Waals surface area contributed by atoms with Gasteiger partial charge in [-0.05, 0) is 51.1 Å². The standard InChI is InChI=1S/C17H25ClN2O3S/c1-14(20-9-3-2-4-10-20)13-19-17(21)8-11-24(22,23)16-7-5-6-15(18)12-16/h5-7,12,14H,2-4,8-11,13H2,1H3,(H,19,21). The first kappa shape index (κ1) is 19.2. The van der Waals surface area contributed by atoms with Crippen LogP contribution in [0.5, 0.6) is 0 Å². The van der Waals surface area contributed by atoms with E-state index in [0.29, 0.717) is 11.6 Å². The minimum absolute atomic E-state index is 0.0401. The van der Waals surface area contributed by atoms with Crippen LogP contribution in [0.3, 0.4) is 0 Å². The minimum atomic E-state index is -3.49. The molecule has 2 rings (SSSR count). The van der Waals surface area contributed by atoms with Crippen LogP contribution < -0.4 is 5.32 Å². The molecular weight excluding hydrogens is 348 g/mol. The van der Waals surface area contributed by atoms with Gasteiger partial charge in [0, 0.05) is 24.0 Å². The van der Waals surface area contributed by atoms with Crippen LogP contribution in [-0.2, 0) is 14.6 Å². The molecule has 1 fully saturated rings. The molecule has 1 heterocycles. The first-order chi connectivity index (χ1) is 11.4. The summed E-state index contributed by atoms with van der Waals surface area (Å²) in [4.78, 5) is 14.5. The molecule has 1 aliphatic rings. The lowest BCUT2D eigenvalue weighted by molar-refractivity contribution is -0.120. The molecule has 0 radical (unpaired) electrons. The number of halogens is 1. The molecule has 7 heteroatoms. The highest BCUT2D eigenvalue weighted by molar-refractivity contribution is 7.91. The van der Waals surface area contributed by atoms with Gasteiger partial charge < -0.3 is 5.32 Å². The van der Waals surface area contributed by atoms with Crippen molar-refractivity contribution in [2.45, 2.75) is 43.5 Å². The highest BCUT2D eigenvalue weighted by atomic mass is 35.5. The van der Waals surface area contributed by atoms with Crippen molar-refractivity contribution < 1.29 is 13.2 Å². The normalized spacial score (nSPS) is 17.4. The summed E-state index contributed by atoms with van der Waals surface area (Å²) in [7, 11) is -3.49. The summed E-state index contributed by atoms with van der Waals surface area (Å²) in [6.07, 6.45) is 3.64. The van der Waals surface area contributed by atoms with Gasteiger partial charge in [0.05, 0.1) is 10.6 Å². The van der Waals surface area contributed by atoms with Gasteiger partial charge in [0.15, 0.2) is 9.84 Å². The third-order valence-corrected chi connectivity index (χ3v) is 6.31. The van der Waals surface area contributed by atoms with Crippen LogP contribution in [0, 0.1) is 0 Å². The third-order valence-electron chi connectivity index (χ3n) is 4.36. The Balaban J connectivity index is 1.78. The van der Waals surface area contributed by atoms with Crippen molar-refractivity contribution in [3.63, 3.8) is 0 Å². The molecule has 1 unspecified atom stereocenters. The van der Waals surface area contributed by atoms with Crippen LogP contribution in [0.4, 0.5) is 0 Å². The average Bonchev–Trinajstić information content (AvgIpc) is 2.58. The Morgan fingerprint density at radius 2 is 2.00 bits per heavy atom. The highest BCUT2D eigenvalue weighted by Crippen LogP contribution is 2.17. The zero-order valence-electron chi connectivity index (χ0n) is 14.0. The van der Waals surface area contributed by atoms with Crippen molar-refractivity contribution >= 4 is 27.3 Å². The Hall–Kier alpha value is -1.11. The van der Waals surface area contributed by atoms with E-state index < -0.39 is 9.84 Å². The number of benzene rings is 1. The first-order valence-electron chi connectivity index (χ1n) is 8.37. The largest absolute Gasteiger partial charge is 0.355 e. The topological polar surface area (TPSA) is 66.5 Å². The van der Waals surface area contributed by atoms with E-state index in [1.807, 2.05) is 0 Å². The molecule has 1 N–H and O–H groups in total. The monoisotopic (exact) mass is 372 g/mol. The smallest absolute Gasteiger partial charge is 0.221 e. The summed E-state index contributed by atoms with van der Waals surface area (Å²) in [6.45, 7) is 4.78. The van der Waals surface area contributed by atoms with E-state index in [4.69, 9.17) is 11.6 Å². The van der Waals surface area contributed by atoms with Crippen molar-refractivity contribution in [2.75, 3.05) is 25.4 Å². The van der Waals surface area contributed by atoms with Crippen LogP contribution in [0.15, 0.2) is 29.2 Å². The number of carbonyl (C=O) groups excluding carboxylic acids is 1. The molecule has 1 atom stereocenters. The van der Waals surface area contributed by atoms with Gasteiger partial charge in [0.1, 0.15) is 0 Å². The van der Waals surface area contributed by atoms with E-state index in [-0.39, 0.29) is 29.0 Å². The SMILES string of the molecule is CC(CNC(=O)CCS(=O)(=O)c1cccc(Cl)c1)N1CCCCC1. The molecule has 1 aromatic rings. The lowest BCUT2D eigenvalue weighted by Crippen LogP contribution is -2.44. The van der Waals surface area contributed by atoms with Crippen molar-refractivity contribution in [1.29, 1.82) is 0 Å². The molecule has 1 amide bonds. The summed E-state index contributed by atoms with van der Waals surface area (Å²) < 4.78 is 24.5. The molecule has 24 heavy (non-hydrogen) atoms. The van der Waals surface area contributed by atoms with Crippen molar-refractivity contribution in [1.82, 2.24) is 10.2 Å². The van der Waals surface area contributed by atoms with Crippen molar-refractivity contribution in [3.05, 3.63) is 29.3 Å². The Morgan fingerprint density at radius 1 is 1.29 bits per heavy atom. The number of hydrogen-bond donors (Lipinski definition) is 1. The zero-order valence-corrected chi connectivity index (χ0v) is 15.6. The summed E-state index contributed by atoms with van der Waals surface area (Å²) in [5.74, 6) is -0.443. The Labute approximate surface area is 149 Å². The molecular formula is C17H25ClN2O3S. The molecule has 1 aromatic carbocycles. The van der Waals surface area contributed by atoms with Crippen LogP contribution in [-0.4, -0.2) is 50.7 Å². The second-order valence-corrected chi connectivity index (χ2v) is 8.82. The molecule has 5 nitrogen and oxygen atoms in total. The first-order valence-corrected chi connectivity index (χ1v) is 10.4. The Bertz CT molecular complexity index is 658. The second-order valence-electron chi connectivity index (χ2n) is 6.28. The van der Waals surface area contributed by atoms with Crippen LogP contribution >= 0.6 is 11.6 Å². The lowest BCUT2D eigenvalue weighted by Gasteiger charge is -2.32. The number of nitrogens with zero attached hydrogens (tertiary/aromatic N) is 1. The number of rotatable bonds is 7. The molecule has 0 aliphatic carbocycles. The van der Waals surface area contributed by atoms with E-state index in [2.05, 4.69) is 17.1 Å². The quantitative estimate of drug-likeness (QED) is 0.798. The predicted molar refractivity (Wildman–Crippen MR) is 96.0 cm³/mol. The molecule has 1 aliphatic heterocycles. The number of sulfone groups is 1. The Morgan fingerprint density at radius 3 is 2.67 bits per heavy atom. The maximum atomic E-state index is 12.2. The fourth-order valence-electron chi connectivity index (χ4n) is 2.84. The van der Waals surface area contributed by atoms with Crippen molar-refractivity contribution in [2.24, 2.45) is 0 Å². The number of piperidine rings is 1. The van der Waals surface area contributed by atoms with Crippen LogP contribution in [0.1, 0.15) is 32.6 Å². The van der Waals surface area contributed by atoms with E-state index in [1.54, 1.807) is 12.1 Å². The van der Waals surface area contributed by atoms with Gasteiger partial charge in [-0.2, -0.15) is 0 Å². The maximum absolute atomic E-state index is 12.2. The van der Waals surface area contributed by atoms with E-state index in [0.717, 1.165) is 13.1 Å². The summed E-state index contributed by atoms with van der Waals surface area (Å²) in [5, 5.41) is 3.22. The van der Waals surface area contributed by atoms with Gasteiger partial charge in [0.25, 0.3) is 0 Å². The minimum Gasteiger partial charge on any atom is -0.355 e. The lowest BCUT2D eigenvalue weighted by atomic mass is 10.1. The fourth-order valence-corrected chi connectivity index (χ4v) is 4.38. The second kappa shape index (κ2) is 8.83. The predicted octanol–water partition coefficient (Wildman–Crippen LogP) is 2.49. The number of likely N-dealkylation sites (tertiary alicyclic amines) is 1.